The SMILES string of the molecule is C=CCOc1c(Br)cc(/C=C2\N=C(c3ccc([N+](=O)[O-])c(C)c3)OC2=O)cc1Br. The number of aliphatic imine (C=N–C) groups is 1. The summed E-state index contributed by atoms with van der Waals surface area (Å²) in [6.45, 7) is 5.58. The van der Waals surface area contributed by atoms with Crippen molar-refractivity contribution in [3.05, 3.63) is 84.4 Å². The number of aryl methyl sites for hydroxylation is 1. The van der Waals surface area contributed by atoms with Crippen molar-refractivity contribution in [2.45, 2.75) is 6.92 Å². The van der Waals surface area contributed by atoms with E-state index in [1.165, 1.54) is 12.1 Å². The molecule has 2 aromatic carbocycles. The molecule has 1 aliphatic rings. The molecule has 9 heteroatoms. The molecule has 0 radical (unpaired) electrons. The second-order valence-corrected chi connectivity index (χ2v) is 7.72. The molecule has 1 aliphatic heterocycles. The van der Waals surface area contributed by atoms with Crippen LogP contribution in [-0.4, -0.2) is 23.4 Å². The molecule has 2 aromatic rings. The molecule has 0 N–H and O–H groups in total. The number of nitro benzene ring substituents is 1. The summed E-state index contributed by atoms with van der Waals surface area (Å²) >= 11 is 6.88. The molecule has 0 amide bonds. The van der Waals surface area contributed by atoms with Crippen LogP contribution in [0.3, 0.4) is 0 Å². The van der Waals surface area contributed by atoms with Gasteiger partial charge in [0, 0.05) is 17.2 Å². The highest BCUT2D eigenvalue weighted by atomic mass is 79.9. The molecule has 0 unspecified atom stereocenters. The summed E-state index contributed by atoms with van der Waals surface area (Å²) in [6, 6.07) is 7.99. The summed E-state index contributed by atoms with van der Waals surface area (Å²) in [5.41, 5.74) is 1.75. The van der Waals surface area contributed by atoms with Gasteiger partial charge in [0.05, 0.1) is 13.9 Å². The van der Waals surface area contributed by atoms with E-state index in [1.807, 2.05) is 0 Å². The largest absolute Gasteiger partial charge is 0.487 e. The second kappa shape index (κ2) is 8.71. The summed E-state index contributed by atoms with van der Waals surface area (Å²) in [5, 5.41) is 11.0. The maximum absolute atomic E-state index is 12.2. The molecule has 0 saturated heterocycles. The summed E-state index contributed by atoms with van der Waals surface area (Å²) in [7, 11) is 0. The van der Waals surface area contributed by atoms with Crippen molar-refractivity contribution in [1.29, 1.82) is 0 Å². The summed E-state index contributed by atoms with van der Waals surface area (Å²) < 4.78 is 12.2. The number of esters is 1. The number of hydrogen-bond donors (Lipinski definition) is 0. The summed E-state index contributed by atoms with van der Waals surface area (Å²) in [4.78, 5) is 27.0. The van der Waals surface area contributed by atoms with Crippen LogP contribution in [0.25, 0.3) is 6.08 Å². The van der Waals surface area contributed by atoms with Gasteiger partial charge in [0.1, 0.15) is 12.4 Å². The van der Waals surface area contributed by atoms with Gasteiger partial charge in [0.2, 0.25) is 5.90 Å². The standard InChI is InChI=1S/C20H14Br2N2O5/c1-3-6-28-18-14(21)8-12(9-15(18)22)10-16-20(25)29-19(23-16)13-4-5-17(24(26)27)11(2)7-13/h3-5,7-10H,1,6H2,2H3/b16-10-. The number of carbonyl (C=O) groups excluding carboxylic acids is 1. The third kappa shape index (κ3) is 4.63. The topological polar surface area (TPSA) is 91.0 Å². The molecule has 0 atom stereocenters. The van der Waals surface area contributed by atoms with Crippen LogP contribution in [0, 0.1) is 17.0 Å². The average molecular weight is 522 g/mol. The highest BCUT2D eigenvalue weighted by Crippen LogP contribution is 2.36. The third-order valence-electron chi connectivity index (χ3n) is 3.93. The molecule has 3 rings (SSSR count). The zero-order valence-electron chi connectivity index (χ0n) is 15.1. The minimum Gasteiger partial charge on any atom is -0.487 e. The molecule has 1 heterocycles. The lowest BCUT2D eigenvalue weighted by Crippen LogP contribution is -2.06. The van der Waals surface area contributed by atoms with Gasteiger partial charge < -0.3 is 9.47 Å². The minimum absolute atomic E-state index is 0.0112. The van der Waals surface area contributed by atoms with Crippen LogP contribution in [-0.2, 0) is 9.53 Å². The first-order chi connectivity index (χ1) is 13.8. The fourth-order valence-corrected chi connectivity index (χ4v) is 4.08. The first kappa shape index (κ1) is 20.9. The molecule has 0 fully saturated rings. The number of halogens is 2. The Morgan fingerprint density at radius 3 is 2.55 bits per heavy atom. The van der Waals surface area contributed by atoms with Crippen molar-refractivity contribution >= 4 is 55.5 Å². The number of carbonyl (C=O) groups is 1. The van der Waals surface area contributed by atoms with Gasteiger partial charge in [-0.2, -0.15) is 0 Å². The zero-order chi connectivity index (χ0) is 21.1. The summed E-state index contributed by atoms with van der Waals surface area (Å²) in [6.07, 6.45) is 3.22. The number of nitrogens with zero attached hydrogens (tertiary/aromatic N) is 2. The van der Waals surface area contributed by atoms with Gasteiger partial charge in [-0.15, -0.1) is 0 Å². The number of benzene rings is 2. The van der Waals surface area contributed by atoms with Crippen molar-refractivity contribution < 1.29 is 19.2 Å². The number of nitro groups is 1. The van der Waals surface area contributed by atoms with E-state index in [4.69, 9.17) is 9.47 Å². The quantitative estimate of drug-likeness (QED) is 0.168. The van der Waals surface area contributed by atoms with Crippen molar-refractivity contribution in [1.82, 2.24) is 0 Å². The lowest BCUT2D eigenvalue weighted by molar-refractivity contribution is -0.385. The highest BCUT2D eigenvalue weighted by molar-refractivity contribution is 9.11. The molecule has 0 aliphatic carbocycles. The number of hydrogen-bond acceptors (Lipinski definition) is 6. The molecule has 29 heavy (non-hydrogen) atoms. The third-order valence-corrected chi connectivity index (χ3v) is 5.11. The lowest BCUT2D eigenvalue weighted by atomic mass is 10.1. The maximum Gasteiger partial charge on any atom is 0.363 e. The fraction of sp³-hybridized carbons (Fsp3) is 0.100. The molecule has 0 bridgehead atoms. The maximum atomic E-state index is 12.2. The van der Waals surface area contributed by atoms with E-state index in [0.29, 0.717) is 38.0 Å². The first-order valence-corrected chi connectivity index (χ1v) is 9.89. The fourth-order valence-electron chi connectivity index (χ4n) is 2.63. The molecule has 0 saturated carbocycles. The molecular weight excluding hydrogens is 508 g/mol. The Morgan fingerprint density at radius 1 is 1.28 bits per heavy atom. The number of rotatable bonds is 6. The van der Waals surface area contributed by atoms with Gasteiger partial charge in [-0.25, -0.2) is 9.79 Å². The van der Waals surface area contributed by atoms with E-state index in [9.17, 15) is 14.9 Å². The van der Waals surface area contributed by atoms with E-state index in [2.05, 4.69) is 43.4 Å². The molecular formula is C20H14Br2N2O5. The minimum atomic E-state index is -0.602. The van der Waals surface area contributed by atoms with Crippen LogP contribution in [0.15, 0.2) is 62.6 Å². The van der Waals surface area contributed by atoms with Gasteiger partial charge in [-0.05, 0) is 74.7 Å². The Bertz CT molecular complexity index is 1070. The van der Waals surface area contributed by atoms with Crippen molar-refractivity contribution in [2.24, 2.45) is 4.99 Å². The summed E-state index contributed by atoms with van der Waals surface area (Å²) in [5.74, 6) is 0.116. The van der Waals surface area contributed by atoms with Crippen LogP contribution in [0.4, 0.5) is 5.69 Å². The van der Waals surface area contributed by atoms with E-state index >= 15 is 0 Å². The monoisotopic (exact) mass is 520 g/mol. The van der Waals surface area contributed by atoms with E-state index in [-0.39, 0.29) is 17.3 Å². The van der Waals surface area contributed by atoms with E-state index in [0.717, 1.165) is 0 Å². The van der Waals surface area contributed by atoms with Crippen LogP contribution in [0.1, 0.15) is 16.7 Å². The zero-order valence-corrected chi connectivity index (χ0v) is 18.3. The second-order valence-electron chi connectivity index (χ2n) is 6.01. The smallest absolute Gasteiger partial charge is 0.363 e. The van der Waals surface area contributed by atoms with Gasteiger partial charge in [0.15, 0.2) is 5.70 Å². The molecule has 148 valence electrons. The Labute approximate surface area is 183 Å². The van der Waals surface area contributed by atoms with E-state index < -0.39 is 10.9 Å². The molecule has 0 spiro atoms. The molecule has 7 nitrogen and oxygen atoms in total. The number of ether oxygens (including phenoxy) is 2. The Kier molecular flexibility index (Phi) is 6.29. The Morgan fingerprint density at radius 2 is 1.97 bits per heavy atom. The van der Waals surface area contributed by atoms with Gasteiger partial charge in [0.25, 0.3) is 5.69 Å². The van der Waals surface area contributed by atoms with Crippen LogP contribution < -0.4 is 4.74 Å². The Balaban J connectivity index is 1.92. The van der Waals surface area contributed by atoms with Gasteiger partial charge >= 0.3 is 5.97 Å². The van der Waals surface area contributed by atoms with Crippen LogP contribution >= 0.6 is 31.9 Å². The van der Waals surface area contributed by atoms with Gasteiger partial charge in [-0.1, -0.05) is 12.7 Å². The normalized spacial score (nSPS) is 14.5. The molecule has 0 aromatic heterocycles. The lowest BCUT2D eigenvalue weighted by Gasteiger charge is -2.09. The van der Waals surface area contributed by atoms with Crippen molar-refractivity contribution in [2.75, 3.05) is 6.61 Å². The predicted octanol–water partition coefficient (Wildman–Crippen LogP) is 5.34. The van der Waals surface area contributed by atoms with Crippen molar-refractivity contribution in [3.63, 3.8) is 0 Å². The van der Waals surface area contributed by atoms with Crippen molar-refractivity contribution in [3.8, 4) is 5.75 Å². The number of cyclic esters (lactones) is 1. The first-order valence-electron chi connectivity index (χ1n) is 8.31. The van der Waals surface area contributed by atoms with E-state index in [1.54, 1.807) is 37.3 Å². The van der Waals surface area contributed by atoms with Gasteiger partial charge in [-0.3, -0.25) is 10.1 Å². The van der Waals surface area contributed by atoms with Crippen LogP contribution in [0.5, 0.6) is 5.75 Å². The van der Waals surface area contributed by atoms with Crippen LogP contribution in [0.2, 0.25) is 0 Å². The average Bonchev–Trinajstić information content (AvgIpc) is 3.01. The Hall–Kier alpha value is -2.78. The highest BCUT2D eigenvalue weighted by Gasteiger charge is 2.25. The predicted molar refractivity (Wildman–Crippen MR) is 116 cm³/mol.